The normalized spacial score (nSPS) is 12.0. The van der Waals surface area contributed by atoms with Crippen LogP contribution in [0.15, 0.2) is 54.6 Å². The number of nitrogens with one attached hydrogen (secondary N) is 1. The van der Waals surface area contributed by atoms with Gasteiger partial charge in [0.1, 0.15) is 0 Å². The predicted molar refractivity (Wildman–Crippen MR) is 107 cm³/mol. The summed E-state index contributed by atoms with van der Waals surface area (Å²) in [6.45, 7) is 6.56. The van der Waals surface area contributed by atoms with Crippen LogP contribution < -0.4 is 5.32 Å². The SMILES string of the molecule is Cc1cc(C)n([C@H](C)CNC(=O)c2cccc(-c3ccc(CO)cc3)c2)n1. The number of aromatic nitrogens is 2. The quantitative estimate of drug-likeness (QED) is 0.702. The van der Waals surface area contributed by atoms with Gasteiger partial charge in [0.15, 0.2) is 0 Å². The molecule has 0 aliphatic heterocycles. The van der Waals surface area contributed by atoms with Gasteiger partial charge in [-0.2, -0.15) is 5.10 Å². The van der Waals surface area contributed by atoms with Crippen LogP contribution in [0.3, 0.4) is 0 Å². The van der Waals surface area contributed by atoms with Crippen molar-refractivity contribution in [1.82, 2.24) is 15.1 Å². The van der Waals surface area contributed by atoms with Gasteiger partial charge in [-0.15, -0.1) is 0 Å². The van der Waals surface area contributed by atoms with Crippen LogP contribution in [0.4, 0.5) is 0 Å². The van der Waals surface area contributed by atoms with Crippen LogP contribution in [0, 0.1) is 13.8 Å². The zero-order chi connectivity index (χ0) is 19.4. The number of aliphatic hydroxyl groups is 1. The van der Waals surface area contributed by atoms with Gasteiger partial charge in [-0.05, 0) is 55.7 Å². The highest BCUT2D eigenvalue weighted by Gasteiger charge is 2.12. The first-order chi connectivity index (χ1) is 13.0. The molecule has 1 aromatic heterocycles. The van der Waals surface area contributed by atoms with Crippen LogP contribution >= 0.6 is 0 Å². The summed E-state index contributed by atoms with van der Waals surface area (Å²) in [5.41, 5.74) is 5.54. The second-order valence-corrected chi connectivity index (χ2v) is 6.87. The highest BCUT2D eigenvalue weighted by atomic mass is 16.3. The monoisotopic (exact) mass is 363 g/mol. The number of carbonyl (C=O) groups is 1. The van der Waals surface area contributed by atoms with Gasteiger partial charge in [0.25, 0.3) is 5.91 Å². The molecule has 0 saturated heterocycles. The summed E-state index contributed by atoms with van der Waals surface area (Å²) in [4.78, 5) is 12.6. The lowest BCUT2D eigenvalue weighted by molar-refractivity contribution is 0.0947. The van der Waals surface area contributed by atoms with Crippen molar-refractivity contribution in [2.75, 3.05) is 6.54 Å². The molecule has 1 heterocycles. The molecule has 0 fully saturated rings. The average Bonchev–Trinajstić information content (AvgIpc) is 3.04. The van der Waals surface area contributed by atoms with Crippen molar-refractivity contribution in [3.63, 3.8) is 0 Å². The summed E-state index contributed by atoms with van der Waals surface area (Å²) in [6, 6.07) is 17.3. The summed E-state index contributed by atoms with van der Waals surface area (Å²) >= 11 is 0. The molecule has 27 heavy (non-hydrogen) atoms. The number of hydrogen-bond acceptors (Lipinski definition) is 3. The molecule has 1 atom stereocenters. The van der Waals surface area contributed by atoms with Crippen LogP contribution in [-0.2, 0) is 6.61 Å². The molecule has 5 nitrogen and oxygen atoms in total. The Bertz CT molecular complexity index is 929. The van der Waals surface area contributed by atoms with E-state index in [4.69, 9.17) is 5.11 Å². The van der Waals surface area contributed by atoms with E-state index in [1.807, 2.05) is 80.1 Å². The standard InChI is InChI=1S/C22H25N3O2/c1-15-11-16(2)25(24-15)17(3)13-23-22(27)21-6-4-5-20(12-21)19-9-7-18(14-26)8-10-19/h4-12,17,26H,13-14H2,1-3H3,(H,23,27)/t17-/m1/s1. The van der Waals surface area contributed by atoms with Gasteiger partial charge in [0.05, 0.1) is 18.3 Å². The van der Waals surface area contributed by atoms with E-state index in [2.05, 4.69) is 10.4 Å². The smallest absolute Gasteiger partial charge is 0.251 e. The molecule has 0 aliphatic carbocycles. The number of rotatable bonds is 6. The fraction of sp³-hybridized carbons (Fsp3) is 0.273. The lowest BCUT2D eigenvalue weighted by Gasteiger charge is -2.15. The maximum Gasteiger partial charge on any atom is 0.251 e. The fourth-order valence-electron chi connectivity index (χ4n) is 3.16. The highest BCUT2D eigenvalue weighted by molar-refractivity contribution is 5.95. The third-order valence-corrected chi connectivity index (χ3v) is 4.61. The zero-order valence-corrected chi connectivity index (χ0v) is 15.9. The highest BCUT2D eigenvalue weighted by Crippen LogP contribution is 2.21. The Hall–Kier alpha value is -2.92. The lowest BCUT2D eigenvalue weighted by Crippen LogP contribution is -2.30. The van der Waals surface area contributed by atoms with E-state index >= 15 is 0 Å². The van der Waals surface area contributed by atoms with Crippen molar-refractivity contribution in [2.45, 2.75) is 33.4 Å². The minimum absolute atomic E-state index is 0.0240. The van der Waals surface area contributed by atoms with E-state index in [1.54, 1.807) is 0 Å². The molecule has 3 aromatic rings. The van der Waals surface area contributed by atoms with Gasteiger partial charge in [-0.3, -0.25) is 9.48 Å². The van der Waals surface area contributed by atoms with Crippen molar-refractivity contribution in [1.29, 1.82) is 0 Å². The predicted octanol–water partition coefficient (Wildman–Crippen LogP) is 3.65. The summed E-state index contributed by atoms with van der Waals surface area (Å²) in [7, 11) is 0. The number of aryl methyl sites for hydroxylation is 2. The Morgan fingerprint density at radius 2 is 1.85 bits per heavy atom. The molecule has 0 aliphatic rings. The number of nitrogens with zero attached hydrogens (tertiary/aromatic N) is 2. The second kappa shape index (κ2) is 8.18. The fourth-order valence-corrected chi connectivity index (χ4v) is 3.16. The molecule has 0 spiro atoms. The molecule has 0 unspecified atom stereocenters. The molecule has 0 saturated carbocycles. The van der Waals surface area contributed by atoms with E-state index in [9.17, 15) is 4.79 Å². The first-order valence-electron chi connectivity index (χ1n) is 9.09. The van der Waals surface area contributed by atoms with Crippen LogP contribution in [0.5, 0.6) is 0 Å². The van der Waals surface area contributed by atoms with Crippen LogP contribution in [-0.4, -0.2) is 27.3 Å². The van der Waals surface area contributed by atoms with Crippen molar-refractivity contribution in [2.24, 2.45) is 0 Å². The molecule has 0 bridgehead atoms. The molecule has 5 heteroatoms. The van der Waals surface area contributed by atoms with E-state index in [0.29, 0.717) is 12.1 Å². The van der Waals surface area contributed by atoms with E-state index < -0.39 is 0 Å². The number of carbonyl (C=O) groups excluding carboxylic acids is 1. The molecular weight excluding hydrogens is 338 g/mol. The lowest BCUT2D eigenvalue weighted by atomic mass is 10.0. The number of aliphatic hydroxyl groups excluding tert-OH is 1. The largest absolute Gasteiger partial charge is 0.392 e. The molecule has 3 rings (SSSR count). The molecule has 1 amide bonds. The topological polar surface area (TPSA) is 67.2 Å². The molecule has 140 valence electrons. The summed E-state index contributed by atoms with van der Waals surface area (Å²) in [5.74, 6) is -0.0998. The zero-order valence-electron chi connectivity index (χ0n) is 15.9. The summed E-state index contributed by atoms with van der Waals surface area (Å²) in [6.07, 6.45) is 0. The molecule has 0 radical (unpaired) electrons. The Kier molecular flexibility index (Phi) is 5.72. The first kappa shape index (κ1) is 18.9. The molecule has 2 N–H and O–H groups in total. The van der Waals surface area contributed by atoms with Gasteiger partial charge in [-0.25, -0.2) is 0 Å². The second-order valence-electron chi connectivity index (χ2n) is 6.87. The maximum atomic E-state index is 12.6. The Labute approximate surface area is 159 Å². The Morgan fingerprint density at radius 3 is 2.48 bits per heavy atom. The van der Waals surface area contributed by atoms with Crippen molar-refractivity contribution >= 4 is 5.91 Å². The van der Waals surface area contributed by atoms with Gasteiger partial charge in [-0.1, -0.05) is 36.4 Å². The number of amides is 1. The van der Waals surface area contributed by atoms with Crippen LogP contribution in [0.1, 0.15) is 40.3 Å². The average molecular weight is 363 g/mol. The van der Waals surface area contributed by atoms with Gasteiger partial charge < -0.3 is 10.4 Å². The molecular formula is C22H25N3O2. The van der Waals surface area contributed by atoms with Crippen LogP contribution in [0.25, 0.3) is 11.1 Å². The van der Waals surface area contributed by atoms with Gasteiger partial charge >= 0.3 is 0 Å². The van der Waals surface area contributed by atoms with Crippen molar-refractivity contribution in [3.05, 3.63) is 77.1 Å². The minimum atomic E-state index is -0.0998. The third kappa shape index (κ3) is 4.44. The Morgan fingerprint density at radius 1 is 1.11 bits per heavy atom. The maximum absolute atomic E-state index is 12.6. The van der Waals surface area contributed by atoms with Crippen molar-refractivity contribution < 1.29 is 9.90 Å². The summed E-state index contributed by atoms with van der Waals surface area (Å²) in [5, 5.41) is 16.6. The van der Waals surface area contributed by atoms with E-state index in [-0.39, 0.29) is 18.6 Å². The number of hydrogen-bond donors (Lipinski definition) is 2. The number of benzene rings is 2. The van der Waals surface area contributed by atoms with Gasteiger partial charge in [0.2, 0.25) is 0 Å². The van der Waals surface area contributed by atoms with Crippen LogP contribution in [0.2, 0.25) is 0 Å². The molecule has 2 aromatic carbocycles. The third-order valence-electron chi connectivity index (χ3n) is 4.61. The first-order valence-corrected chi connectivity index (χ1v) is 9.09. The summed E-state index contributed by atoms with van der Waals surface area (Å²) < 4.78 is 1.94. The Balaban J connectivity index is 1.68. The van der Waals surface area contributed by atoms with E-state index in [1.165, 1.54) is 0 Å². The van der Waals surface area contributed by atoms with E-state index in [0.717, 1.165) is 28.1 Å². The van der Waals surface area contributed by atoms with Crippen molar-refractivity contribution in [3.8, 4) is 11.1 Å². The van der Waals surface area contributed by atoms with Gasteiger partial charge in [0, 0.05) is 17.8 Å². The minimum Gasteiger partial charge on any atom is -0.392 e.